The topological polar surface area (TPSA) is 56.2 Å². The number of fused-ring (bicyclic) bond motifs is 1. The van der Waals surface area contributed by atoms with Crippen molar-refractivity contribution in [3.63, 3.8) is 0 Å². The Balaban J connectivity index is 1.41. The van der Waals surface area contributed by atoms with Gasteiger partial charge in [-0.2, -0.15) is 0 Å². The molecule has 1 saturated heterocycles. The number of para-hydroxylation sites is 3. The van der Waals surface area contributed by atoms with Crippen LogP contribution in [0.15, 0.2) is 72.9 Å². The number of anilines is 1. The van der Waals surface area contributed by atoms with Crippen LogP contribution < -0.4 is 19.1 Å². The summed E-state index contributed by atoms with van der Waals surface area (Å²) in [6.45, 7) is 5.49. The van der Waals surface area contributed by atoms with Crippen molar-refractivity contribution in [3.8, 4) is 17.2 Å². The van der Waals surface area contributed by atoms with Gasteiger partial charge >= 0.3 is 0 Å². The van der Waals surface area contributed by atoms with Crippen molar-refractivity contribution >= 4 is 22.5 Å². The lowest BCUT2D eigenvalue weighted by Crippen LogP contribution is -2.49. The first-order chi connectivity index (χ1) is 19.0. The highest BCUT2D eigenvalue weighted by atomic mass is 16.5. The highest BCUT2D eigenvalue weighted by molar-refractivity contribution is 5.87. The van der Waals surface area contributed by atoms with Crippen LogP contribution in [-0.4, -0.2) is 62.4 Å². The van der Waals surface area contributed by atoms with E-state index >= 15 is 0 Å². The minimum absolute atomic E-state index is 0.146. The van der Waals surface area contributed by atoms with Gasteiger partial charge in [-0.15, -0.1) is 0 Å². The molecule has 3 aromatic carbocycles. The summed E-state index contributed by atoms with van der Waals surface area (Å²) >= 11 is 0. The highest BCUT2D eigenvalue weighted by Gasteiger charge is 2.28. The lowest BCUT2D eigenvalue weighted by molar-refractivity contribution is -0.131. The van der Waals surface area contributed by atoms with Crippen LogP contribution >= 0.6 is 0 Å². The van der Waals surface area contributed by atoms with E-state index in [1.807, 2.05) is 54.3 Å². The van der Waals surface area contributed by atoms with Crippen molar-refractivity contribution in [2.75, 3.05) is 51.9 Å². The van der Waals surface area contributed by atoms with E-state index in [1.54, 1.807) is 14.2 Å². The Labute approximate surface area is 230 Å². The molecule has 1 aromatic heterocycles. The third kappa shape index (κ3) is 5.53. The molecule has 7 nitrogen and oxygen atoms in total. The first-order valence-electron chi connectivity index (χ1n) is 13.5. The van der Waals surface area contributed by atoms with E-state index in [9.17, 15) is 4.79 Å². The number of benzene rings is 3. The summed E-state index contributed by atoms with van der Waals surface area (Å²) in [5.74, 6) is 2.31. The quantitative estimate of drug-likeness (QED) is 0.289. The van der Waals surface area contributed by atoms with Gasteiger partial charge in [-0.05, 0) is 48.4 Å². The van der Waals surface area contributed by atoms with Gasteiger partial charge in [0.1, 0.15) is 17.2 Å². The second-order valence-corrected chi connectivity index (χ2v) is 9.88. The van der Waals surface area contributed by atoms with E-state index in [4.69, 9.17) is 14.2 Å². The lowest BCUT2D eigenvalue weighted by atomic mass is 9.87. The molecule has 4 aromatic rings. The van der Waals surface area contributed by atoms with Crippen LogP contribution in [0.4, 0.5) is 5.69 Å². The predicted molar refractivity (Wildman–Crippen MR) is 155 cm³/mol. The molecule has 0 bridgehead atoms. The minimum atomic E-state index is -0.149. The van der Waals surface area contributed by atoms with Crippen LogP contribution in [0, 0.1) is 0 Å². The molecule has 7 heteroatoms. The van der Waals surface area contributed by atoms with Gasteiger partial charge in [-0.1, -0.05) is 30.3 Å². The van der Waals surface area contributed by atoms with E-state index < -0.39 is 0 Å². The van der Waals surface area contributed by atoms with E-state index in [-0.39, 0.29) is 11.8 Å². The average molecular weight is 528 g/mol. The number of piperazine rings is 1. The maximum atomic E-state index is 13.8. The molecular formula is C32H37N3O4. The number of carbonyl (C=O) groups is 1. The predicted octanol–water partition coefficient (Wildman–Crippen LogP) is 5.47. The first-order valence-corrected chi connectivity index (χ1v) is 13.5. The summed E-state index contributed by atoms with van der Waals surface area (Å²) < 4.78 is 19.1. The Morgan fingerprint density at radius 1 is 0.897 bits per heavy atom. The molecule has 5 rings (SSSR count). The summed E-state index contributed by atoms with van der Waals surface area (Å²) in [4.78, 5) is 18.1. The number of carbonyl (C=O) groups excluding carboxylic acids is 1. The standard InChI is InChI=1S/C32H37N3O4/c1-5-39-31-13-9-8-12-30(31)34-14-16-35(17-15-34)32(36)21-27(23-18-24(37-3)20-25(19-23)38-4)28-22-33(2)29-11-7-6-10-26(28)29/h6-13,18-20,22,27H,5,14-17,21H2,1-4H3. The zero-order chi connectivity index (χ0) is 27.4. The van der Waals surface area contributed by atoms with Gasteiger partial charge in [-0.3, -0.25) is 4.79 Å². The molecule has 1 aliphatic heterocycles. The largest absolute Gasteiger partial charge is 0.497 e. The number of hydrogen-bond acceptors (Lipinski definition) is 5. The molecule has 1 unspecified atom stereocenters. The van der Waals surface area contributed by atoms with Crippen molar-refractivity contribution in [3.05, 3.63) is 84.1 Å². The molecule has 1 aliphatic rings. The molecule has 1 fully saturated rings. The lowest BCUT2D eigenvalue weighted by Gasteiger charge is -2.37. The first kappa shape index (κ1) is 26.5. The Hall–Kier alpha value is -4.13. The van der Waals surface area contributed by atoms with Gasteiger partial charge in [0.15, 0.2) is 0 Å². The average Bonchev–Trinajstić information content (AvgIpc) is 3.32. The van der Waals surface area contributed by atoms with Crippen molar-refractivity contribution in [1.29, 1.82) is 0 Å². The number of aromatic nitrogens is 1. The molecule has 39 heavy (non-hydrogen) atoms. The van der Waals surface area contributed by atoms with Crippen molar-refractivity contribution in [2.45, 2.75) is 19.3 Å². The highest BCUT2D eigenvalue weighted by Crippen LogP contribution is 2.38. The molecule has 1 atom stereocenters. The molecule has 0 saturated carbocycles. The maximum absolute atomic E-state index is 13.8. The second-order valence-electron chi connectivity index (χ2n) is 9.88. The zero-order valence-corrected chi connectivity index (χ0v) is 23.2. The molecule has 0 N–H and O–H groups in total. The van der Waals surface area contributed by atoms with Crippen LogP contribution in [0.3, 0.4) is 0 Å². The van der Waals surface area contributed by atoms with Gasteiger partial charge in [0, 0.05) is 68.7 Å². The molecule has 1 amide bonds. The summed E-state index contributed by atoms with van der Waals surface area (Å²) in [6, 6.07) is 22.4. The SMILES string of the molecule is CCOc1ccccc1N1CCN(C(=O)CC(c2cc(OC)cc(OC)c2)c2cn(C)c3ccccc23)CC1. The van der Waals surface area contributed by atoms with Gasteiger partial charge in [0.2, 0.25) is 5.91 Å². The van der Waals surface area contributed by atoms with Crippen LogP contribution in [0.5, 0.6) is 17.2 Å². The zero-order valence-electron chi connectivity index (χ0n) is 23.2. The molecule has 0 spiro atoms. The fraction of sp³-hybridized carbons (Fsp3) is 0.344. The van der Waals surface area contributed by atoms with Crippen molar-refractivity contribution in [2.24, 2.45) is 7.05 Å². The number of hydrogen-bond donors (Lipinski definition) is 0. The summed E-state index contributed by atoms with van der Waals surface area (Å²) in [7, 11) is 5.36. The Morgan fingerprint density at radius 2 is 1.56 bits per heavy atom. The Bertz CT molecular complexity index is 1420. The monoisotopic (exact) mass is 527 g/mol. The summed E-state index contributed by atoms with van der Waals surface area (Å²) in [5, 5.41) is 1.15. The van der Waals surface area contributed by atoms with Crippen LogP contribution in [-0.2, 0) is 11.8 Å². The number of rotatable bonds is 9. The van der Waals surface area contributed by atoms with Gasteiger partial charge in [-0.25, -0.2) is 0 Å². The molecule has 204 valence electrons. The third-order valence-electron chi connectivity index (χ3n) is 7.60. The second kappa shape index (κ2) is 11.7. The van der Waals surface area contributed by atoms with Gasteiger partial charge in [0.25, 0.3) is 0 Å². The third-order valence-corrected chi connectivity index (χ3v) is 7.60. The van der Waals surface area contributed by atoms with Crippen LogP contribution in [0.1, 0.15) is 30.4 Å². The molecule has 0 aliphatic carbocycles. The Kier molecular flexibility index (Phi) is 7.96. The van der Waals surface area contributed by atoms with E-state index in [1.165, 1.54) is 0 Å². The van der Waals surface area contributed by atoms with Crippen LogP contribution in [0.25, 0.3) is 10.9 Å². The summed E-state index contributed by atoms with van der Waals surface area (Å²) in [5.41, 5.74) is 4.35. The van der Waals surface area contributed by atoms with E-state index in [0.29, 0.717) is 37.6 Å². The fourth-order valence-corrected chi connectivity index (χ4v) is 5.59. The number of ether oxygens (including phenoxy) is 3. The maximum Gasteiger partial charge on any atom is 0.223 e. The summed E-state index contributed by atoms with van der Waals surface area (Å²) in [6.07, 6.45) is 2.51. The number of aryl methyl sites for hydroxylation is 1. The fourth-order valence-electron chi connectivity index (χ4n) is 5.59. The molecular weight excluding hydrogens is 490 g/mol. The van der Waals surface area contributed by atoms with Gasteiger partial charge < -0.3 is 28.6 Å². The molecule has 0 radical (unpaired) electrons. The van der Waals surface area contributed by atoms with Crippen molar-refractivity contribution in [1.82, 2.24) is 9.47 Å². The Morgan fingerprint density at radius 3 is 2.26 bits per heavy atom. The number of nitrogens with zero attached hydrogens (tertiary/aromatic N) is 3. The van der Waals surface area contributed by atoms with E-state index in [0.717, 1.165) is 46.6 Å². The smallest absolute Gasteiger partial charge is 0.223 e. The molecule has 2 heterocycles. The van der Waals surface area contributed by atoms with Crippen molar-refractivity contribution < 1.29 is 19.0 Å². The van der Waals surface area contributed by atoms with Crippen LogP contribution in [0.2, 0.25) is 0 Å². The minimum Gasteiger partial charge on any atom is -0.497 e. The normalized spacial score (nSPS) is 14.4. The number of methoxy groups -OCH3 is 2. The van der Waals surface area contributed by atoms with E-state index in [2.05, 4.69) is 47.0 Å². The van der Waals surface area contributed by atoms with Gasteiger partial charge in [0.05, 0.1) is 26.5 Å². The number of amides is 1.